The lowest BCUT2D eigenvalue weighted by atomic mass is 10.1. The van der Waals surface area contributed by atoms with Crippen LogP contribution in [0.25, 0.3) is 11.3 Å². The van der Waals surface area contributed by atoms with Crippen LogP contribution in [0.4, 0.5) is 5.82 Å². The van der Waals surface area contributed by atoms with Gasteiger partial charge in [0.1, 0.15) is 5.75 Å². The maximum Gasteiger partial charge on any atom is 0.228 e. The number of nitrogens with zero attached hydrogens (tertiary/aromatic N) is 2. The number of aromatic nitrogens is 2. The number of carbonyl (C=O) groups excluding carboxylic acids is 1. The van der Waals surface area contributed by atoms with E-state index < -0.39 is 0 Å². The molecule has 0 saturated carbocycles. The van der Waals surface area contributed by atoms with Gasteiger partial charge in [-0.15, -0.1) is 0 Å². The van der Waals surface area contributed by atoms with Crippen LogP contribution >= 0.6 is 15.9 Å². The first-order valence-electron chi connectivity index (χ1n) is 6.77. The van der Waals surface area contributed by atoms with E-state index in [1.54, 1.807) is 12.0 Å². The van der Waals surface area contributed by atoms with Crippen LogP contribution in [0.15, 0.2) is 30.3 Å². The Morgan fingerprint density at radius 1 is 1.43 bits per heavy atom. The van der Waals surface area contributed by atoms with Gasteiger partial charge in [-0.25, -0.2) is 0 Å². The lowest BCUT2D eigenvalue weighted by molar-refractivity contribution is -0.117. The van der Waals surface area contributed by atoms with Gasteiger partial charge in [-0.1, -0.05) is 15.9 Å². The second-order valence-corrected chi connectivity index (χ2v) is 5.74. The average molecular weight is 350 g/mol. The number of aromatic amines is 1. The molecule has 5 nitrogen and oxygen atoms in total. The molecule has 2 aromatic rings. The van der Waals surface area contributed by atoms with Gasteiger partial charge < -0.3 is 4.74 Å². The first kappa shape index (κ1) is 14.1. The molecule has 1 aromatic heterocycles. The Hall–Kier alpha value is -1.82. The van der Waals surface area contributed by atoms with Crippen molar-refractivity contribution in [1.29, 1.82) is 0 Å². The van der Waals surface area contributed by atoms with Crippen LogP contribution in [0.1, 0.15) is 6.42 Å². The van der Waals surface area contributed by atoms with Gasteiger partial charge in [-0.3, -0.25) is 14.8 Å². The second-order valence-electron chi connectivity index (χ2n) is 5.10. The molecular weight excluding hydrogens is 334 g/mol. The zero-order valence-electron chi connectivity index (χ0n) is 11.7. The quantitative estimate of drug-likeness (QED) is 0.863. The third kappa shape index (κ3) is 2.81. The largest absolute Gasteiger partial charge is 0.497 e. The summed E-state index contributed by atoms with van der Waals surface area (Å²) in [5, 5.41) is 8.10. The summed E-state index contributed by atoms with van der Waals surface area (Å²) in [4.78, 5) is 13.8. The number of ether oxygens (including phenoxy) is 1. The summed E-state index contributed by atoms with van der Waals surface area (Å²) in [7, 11) is 1.64. The van der Waals surface area contributed by atoms with E-state index >= 15 is 0 Å². The van der Waals surface area contributed by atoms with Crippen molar-refractivity contribution >= 4 is 27.7 Å². The lowest BCUT2D eigenvalue weighted by Gasteiger charge is -2.11. The minimum atomic E-state index is 0.132. The molecule has 1 N–H and O–H groups in total. The van der Waals surface area contributed by atoms with Crippen LogP contribution in [0.5, 0.6) is 5.75 Å². The minimum Gasteiger partial charge on any atom is -0.497 e. The van der Waals surface area contributed by atoms with Crippen molar-refractivity contribution in [3.05, 3.63) is 30.3 Å². The maximum atomic E-state index is 12.0. The SMILES string of the molecule is COc1ccc(-c2cc(N3CC(CBr)CC3=O)n[nH]2)cc1. The van der Waals surface area contributed by atoms with E-state index in [-0.39, 0.29) is 5.91 Å². The van der Waals surface area contributed by atoms with E-state index in [0.29, 0.717) is 18.2 Å². The Bertz CT molecular complexity index is 639. The topological polar surface area (TPSA) is 58.2 Å². The number of benzene rings is 1. The fraction of sp³-hybridized carbons (Fsp3) is 0.333. The summed E-state index contributed by atoms with van der Waals surface area (Å²) in [5.41, 5.74) is 1.90. The van der Waals surface area contributed by atoms with Crippen LogP contribution in [0, 0.1) is 5.92 Å². The monoisotopic (exact) mass is 349 g/mol. The van der Waals surface area contributed by atoms with Gasteiger partial charge in [-0.05, 0) is 35.7 Å². The number of anilines is 1. The lowest BCUT2D eigenvalue weighted by Crippen LogP contribution is -2.24. The van der Waals surface area contributed by atoms with Gasteiger partial charge >= 0.3 is 0 Å². The van der Waals surface area contributed by atoms with Gasteiger partial charge in [0, 0.05) is 24.4 Å². The van der Waals surface area contributed by atoms with E-state index in [1.807, 2.05) is 30.3 Å². The zero-order valence-corrected chi connectivity index (χ0v) is 13.3. The zero-order chi connectivity index (χ0) is 14.8. The van der Waals surface area contributed by atoms with Crippen LogP contribution < -0.4 is 9.64 Å². The number of nitrogens with one attached hydrogen (secondary N) is 1. The number of alkyl halides is 1. The number of carbonyl (C=O) groups is 1. The van der Waals surface area contributed by atoms with Gasteiger partial charge in [0.15, 0.2) is 5.82 Å². The molecule has 1 fully saturated rings. The van der Waals surface area contributed by atoms with E-state index in [4.69, 9.17) is 4.74 Å². The van der Waals surface area contributed by atoms with Crippen LogP contribution in [0.3, 0.4) is 0 Å². The number of rotatable bonds is 4. The summed E-state index contributed by atoms with van der Waals surface area (Å²) < 4.78 is 5.15. The van der Waals surface area contributed by atoms with Crippen molar-refractivity contribution < 1.29 is 9.53 Å². The Balaban J connectivity index is 1.81. The summed E-state index contributed by atoms with van der Waals surface area (Å²) >= 11 is 3.44. The van der Waals surface area contributed by atoms with Gasteiger partial charge in [-0.2, -0.15) is 5.10 Å². The molecule has 2 heterocycles. The summed E-state index contributed by atoms with van der Waals surface area (Å²) in [6.07, 6.45) is 0.579. The summed E-state index contributed by atoms with van der Waals surface area (Å²) in [6.45, 7) is 0.719. The van der Waals surface area contributed by atoms with Gasteiger partial charge in [0.05, 0.1) is 12.8 Å². The van der Waals surface area contributed by atoms with Gasteiger partial charge in [0.25, 0.3) is 0 Å². The molecule has 110 valence electrons. The number of amides is 1. The van der Waals surface area contributed by atoms with Crippen molar-refractivity contribution in [2.24, 2.45) is 5.92 Å². The molecule has 1 aliphatic rings. The first-order chi connectivity index (χ1) is 10.2. The predicted octanol–water partition coefficient (Wildman–Crippen LogP) is 2.83. The molecule has 1 saturated heterocycles. The summed E-state index contributed by atoms with van der Waals surface area (Å²) in [5.74, 6) is 1.99. The fourth-order valence-corrected chi connectivity index (χ4v) is 2.91. The van der Waals surface area contributed by atoms with Crippen LogP contribution in [0.2, 0.25) is 0 Å². The highest BCUT2D eigenvalue weighted by Crippen LogP contribution is 2.28. The molecule has 1 aliphatic heterocycles. The van der Waals surface area contributed by atoms with Crippen molar-refractivity contribution in [1.82, 2.24) is 10.2 Å². The average Bonchev–Trinajstić information content (AvgIpc) is 3.13. The second kappa shape index (κ2) is 5.89. The highest BCUT2D eigenvalue weighted by molar-refractivity contribution is 9.09. The van der Waals surface area contributed by atoms with Crippen molar-refractivity contribution in [3.63, 3.8) is 0 Å². The predicted molar refractivity (Wildman–Crippen MR) is 84.8 cm³/mol. The normalized spacial score (nSPS) is 18.3. The molecule has 1 amide bonds. The molecule has 1 unspecified atom stereocenters. The number of H-pyrrole nitrogens is 1. The molecule has 6 heteroatoms. The first-order valence-corrected chi connectivity index (χ1v) is 7.89. The molecule has 3 rings (SSSR count). The highest BCUT2D eigenvalue weighted by atomic mass is 79.9. The van der Waals surface area contributed by atoms with Crippen LogP contribution in [-0.4, -0.2) is 35.1 Å². The van der Waals surface area contributed by atoms with E-state index in [0.717, 1.165) is 28.9 Å². The standard InChI is InChI=1S/C15H16BrN3O2/c1-21-12-4-2-11(3-5-12)13-7-14(18-17-13)19-9-10(8-16)6-15(19)20/h2-5,7,10H,6,8-9H2,1H3,(H,17,18). The maximum absolute atomic E-state index is 12.0. The van der Waals surface area contributed by atoms with Crippen molar-refractivity contribution in [3.8, 4) is 17.0 Å². The third-order valence-corrected chi connectivity index (χ3v) is 4.58. The number of halogens is 1. The molecule has 1 atom stereocenters. The molecule has 0 radical (unpaired) electrons. The molecule has 0 bridgehead atoms. The smallest absolute Gasteiger partial charge is 0.228 e. The van der Waals surface area contributed by atoms with E-state index in [2.05, 4.69) is 26.1 Å². The summed E-state index contributed by atoms with van der Waals surface area (Å²) in [6, 6.07) is 9.64. The van der Waals surface area contributed by atoms with E-state index in [9.17, 15) is 4.79 Å². The Morgan fingerprint density at radius 3 is 2.81 bits per heavy atom. The number of methoxy groups -OCH3 is 1. The Kier molecular flexibility index (Phi) is 3.96. The molecule has 0 aliphatic carbocycles. The van der Waals surface area contributed by atoms with Crippen molar-refractivity contribution in [2.45, 2.75) is 6.42 Å². The third-order valence-electron chi connectivity index (χ3n) is 3.67. The number of hydrogen-bond acceptors (Lipinski definition) is 3. The van der Waals surface area contributed by atoms with Gasteiger partial charge in [0.2, 0.25) is 5.91 Å². The fourth-order valence-electron chi connectivity index (χ4n) is 2.47. The molecule has 1 aromatic carbocycles. The van der Waals surface area contributed by atoms with E-state index in [1.165, 1.54) is 0 Å². The van der Waals surface area contributed by atoms with Crippen LogP contribution in [-0.2, 0) is 4.79 Å². The minimum absolute atomic E-state index is 0.132. The molecule has 0 spiro atoms. The van der Waals surface area contributed by atoms with Crippen molar-refractivity contribution in [2.75, 3.05) is 23.9 Å². The Labute approximate surface area is 131 Å². The molecule has 21 heavy (non-hydrogen) atoms. The Morgan fingerprint density at radius 2 is 2.19 bits per heavy atom. The molecular formula is C15H16BrN3O2. The highest BCUT2D eigenvalue weighted by Gasteiger charge is 2.31. The number of hydrogen-bond donors (Lipinski definition) is 1.